The second kappa shape index (κ2) is 6.73. The lowest BCUT2D eigenvalue weighted by Crippen LogP contribution is -2.48. The average Bonchev–Trinajstić information content (AvgIpc) is 2.74. The Balaban J connectivity index is 3.02. The summed E-state index contributed by atoms with van der Waals surface area (Å²) in [5.74, 6) is 0. The third-order valence-corrected chi connectivity index (χ3v) is 4.50. The van der Waals surface area contributed by atoms with Crippen LogP contribution in [0.4, 0.5) is 0 Å². The molecule has 0 bridgehead atoms. The van der Waals surface area contributed by atoms with Gasteiger partial charge in [-0.3, -0.25) is 4.68 Å². The zero-order valence-corrected chi connectivity index (χ0v) is 13.4. The number of aryl methyl sites for hydroxylation is 2. The van der Waals surface area contributed by atoms with E-state index in [0.29, 0.717) is 6.42 Å². The molecule has 5 heteroatoms. The Hall–Kier alpha value is -0.580. The van der Waals surface area contributed by atoms with Crippen molar-refractivity contribution in [1.29, 1.82) is 0 Å². The highest BCUT2D eigenvalue weighted by atomic mass is 35.5. The smallest absolute Gasteiger partial charge is 0.0850 e. The van der Waals surface area contributed by atoms with Crippen LogP contribution in [0.3, 0.4) is 0 Å². The quantitative estimate of drug-likeness (QED) is 0.839. The fraction of sp³-hybridized carbons (Fsp3) is 0.786. The molecule has 1 rings (SSSR count). The van der Waals surface area contributed by atoms with Gasteiger partial charge in [-0.05, 0) is 26.7 Å². The van der Waals surface area contributed by atoms with Gasteiger partial charge in [-0.1, -0.05) is 25.4 Å². The summed E-state index contributed by atoms with van der Waals surface area (Å²) < 4.78 is 7.52. The molecule has 0 aliphatic rings. The predicted molar refractivity (Wildman–Crippen MR) is 79.7 cm³/mol. The van der Waals surface area contributed by atoms with Gasteiger partial charge in [0.2, 0.25) is 0 Å². The van der Waals surface area contributed by atoms with Gasteiger partial charge in [0.15, 0.2) is 0 Å². The number of nitrogens with zero attached hydrogens (tertiary/aromatic N) is 2. The van der Waals surface area contributed by atoms with E-state index in [9.17, 15) is 0 Å². The molecule has 2 atom stereocenters. The van der Waals surface area contributed by atoms with Crippen LogP contribution in [0.2, 0.25) is 5.02 Å². The standard InChI is InChI=1S/C14H26ClN3O/c1-6-10-13(15)11(18(8-3)17-10)9-12(16)14(4,7-2)19-5/h12H,6-9,16H2,1-5H3. The summed E-state index contributed by atoms with van der Waals surface area (Å²) >= 11 is 6.41. The number of ether oxygens (including phenoxy) is 1. The summed E-state index contributed by atoms with van der Waals surface area (Å²) in [5, 5.41) is 5.28. The van der Waals surface area contributed by atoms with Gasteiger partial charge in [0.1, 0.15) is 0 Å². The van der Waals surface area contributed by atoms with E-state index in [0.717, 1.165) is 35.8 Å². The summed E-state index contributed by atoms with van der Waals surface area (Å²) in [6.07, 6.45) is 2.38. The minimum Gasteiger partial charge on any atom is -0.377 e. The van der Waals surface area contributed by atoms with Gasteiger partial charge in [-0.2, -0.15) is 5.10 Å². The third kappa shape index (κ3) is 3.30. The lowest BCUT2D eigenvalue weighted by molar-refractivity contribution is -0.0188. The van der Waals surface area contributed by atoms with Gasteiger partial charge < -0.3 is 10.5 Å². The van der Waals surface area contributed by atoms with Crippen molar-refractivity contribution in [3.8, 4) is 0 Å². The first kappa shape index (κ1) is 16.5. The van der Waals surface area contributed by atoms with Crippen molar-refractivity contribution in [3.63, 3.8) is 0 Å². The molecule has 0 amide bonds. The molecule has 1 aromatic heterocycles. The van der Waals surface area contributed by atoms with Crippen LogP contribution in [0.15, 0.2) is 0 Å². The minimum atomic E-state index is -0.335. The molecule has 0 saturated heterocycles. The fourth-order valence-electron chi connectivity index (χ4n) is 2.19. The largest absolute Gasteiger partial charge is 0.377 e. The first-order chi connectivity index (χ1) is 8.93. The van der Waals surface area contributed by atoms with Gasteiger partial charge in [-0.15, -0.1) is 0 Å². The van der Waals surface area contributed by atoms with E-state index < -0.39 is 0 Å². The van der Waals surface area contributed by atoms with E-state index >= 15 is 0 Å². The highest BCUT2D eigenvalue weighted by molar-refractivity contribution is 6.31. The van der Waals surface area contributed by atoms with E-state index in [-0.39, 0.29) is 11.6 Å². The number of hydrogen-bond acceptors (Lipinski definition) is 3. The molecule has 4 nitrogen and oxygen atoms in total. The van der Waals surface area contributed by atoms with Crippen LogP contribution in [-0.2, 0) is 24.1 Å². The van der Waals surface area contributed by atoms with E-state index in [1.807, 2.05) is 11.6 Å². The summed E-state index contributed by atoms with van der Waals surface area (Å²) in [7, 11) is 1.71. The molecule has 0 radical (unpaired) electrons. The predicted octanol–water partition coefficient (Wildman–Crippen LogP) is 2.80. The van der Waals surface area contributed by atoms with Crippen LogP contribution in [-0.4, -0.2) is 28.5 Å². The molecule has 1 aromatic rings. The maximum atomic E-state index is 6.41. The number of rotatable bonds is 7. The van der Waals surface area contributed by atoms with E-state index in [1.165, 1.54) is 0 Å². The van der Waals surface area contributed by atoms with Gasteiger partial charge >= 0.3 is 0 Å². The highest BCUT2D eigenvalue weighted by Crippen LogP contribution is 2.26. The van der Waals surface area contributed by atoms with Crippen LogP contribution in [0.1, 0.15) is 45.5 Å². The monoisotopic (exact) mass is 287 g/mol. The second-order valence-electron chi connectivity index (χ2n) is 5.06. The Morgan fingerprint density at radius 2 is 2.05 bits per heavy atom. The Labute approximate surface area is 121 Å². The van der Waals surface area contributed by atoms with Crippen molar-refractivity contribution in [1.82, 2.24) is 9.78 Å². The van der Waals surface area contributed by atoms with E-state index in [2.05, 4.69) is 25.9 Å². The van der Waals surface area contributed by atoms with Crippen LogP contribution in [0.25, 0.3) is 0 Å². The normalized spacial score (nSPS) is 16.4. The number of nitrogens with two attached hydrogens (primary N) is 1. The Kier molecular flexibility index (Phi) is 5.83. The molecule has 0 saturated carbocycles. The van der Waals surface area contributed by atoms with Gasteiger partial charge in [0.25, 0.3) is 0 Å². The number of halogens is 1. The lowest BCUT2D eigenvalue weighted by Gasteiger charge is -2.33. The van der Waals surface area contributed by atoms with Gasteiger partial charge in [0.05, 0.1) is 22.0 Å². The zero-order valence-electron chi connectivity index (χ0n) is 12.7. The minimum absolute atomic E-state index is 0.105. The van der Waals surface area contributed by atoms with Crippen molar-refractivity contribution < 1.29 is 4.74 Å². The van der Waals surface area contributed by atoms with Gasteiger partial charge in [-0.25, -0.2) is 0 Å². The SMILES string of the molecule is CCc1nn(CC)c(CC(N)C(C)(CC)OC)c1Cl. The average molecular weight is 288 g/mol. The summed E-state index contributed by atoms with van der Waals surface area (Å²) in [6.45, 7) is 9.05. The molecule has 0 spiro atoms. The molecule has 0 aromatic carbocycles. The fourth-order valence-corrected chi connectivity index (χ4v) is 2.54. The van der Waals surface area contributed by atoms with E-state index in [1.54, 1.807) is 7.11 Å². The summed E-state index contributed by atoms with van der Waals surface area (Å²) in [4.78, 5) is 0. The molecule has 2 unspecified atom stereocenters. The summed E-state index contributed by atoms with van der Waals surface area (Å²) in [5.41, 5.74) is 7.95. The van der Waals surface area contributed by atoms with Crippen LogP contribution in [0, 0.1) is 0 Å². The van der Waals surface area contributed by atoms with Crippen molar-refractivity contribution in [2.24, 2.45) is 5.73 Å². The van der Waals surface area contributed by atoms with Crippen molar-refractivity contribution >= 4 is 11.6 Å². The molecule has 0 fully saturated rings. The lowest BCUT2D eigenvalue weighted by atomic mass is 9.90. The van der Waals surface area contributed by atoms with E-state index in [4.69, 9.17) is 22.1 Å². The molecule has 0 aliphatic heterocycles. The van der Waals surface area contributed by atoms with Gasteiger partial charge in [0, 0.05) is 26.1 Å². The van der Waals surface area contributed by atoms with Crippen molar-refractivity contribution in [2.75, 3.05) is 7.11 Å². The number of aromatic nitrogens is 2. The topological polar surface area (TPSA) is 53.1 Å². The Morgan fingerprint density at radius 1 is 1.42 bits per heavy atom. The zero-order chi connectivity index (χ0) is 14.6. The van der Waals surface area contributed by atoms with Crippen LogP contribution in [0.5, 0.6) is 0 Å². The summed E-state index contributed by atoms with van der Waals surface area (Å²) in [6, 6.07) is -0.105. The molecule has 19 heavy (non-hydrogen) atoms. The first-order valence-electron chi connectivity index (χ1n) is 6.98. The van der Waals surface area contributed by atoms with Crippen LogP contribution < -0.4 is 5.73 Å². The molecule has 1 heterocycles. The maximum Gasteiger partial charge on any atom is 0.0850 e. The molecule has 110 valence electrons. The highest BCUT2D eigenvalue weighted by Gasteiger charge is 2.31. The Morgan fingerprint density at radius 3 is 2.47 bits per heavy atom. The van der Waals surface area contributed by atoms with Crippen molar-refractivity contribution in [3.05, 3.63) is 16.4 Å². The number of hydrogen-bond donors (Lipinski definition) is 1. The number of methoxy groups -OCH3 is 1. The third-order valence-electron chi connectivity index (χ3n) is 4.06. The molecule has 0 aliphatic carbocycles. The van der Waals surface area contributed by atoms with Crippen molar-refractivity contribution in [2.45, 2.75) is 65.1 Å². The first-order valence-corrected chi connectivity index (χ1v) is 7.35. The molecular weight excluding hydrogens is 262 g/mol. The maximum absolute atomic E-state index is 6.41. The van der Waals surface area contributed by atoms with Crippen LogP contribution >= 0.6 is 11.6 Å². The second-order valence-corrected chi connectivity index (χ2v) is 5.44. The molecular formula is C14H26ClN3O. The Bertz CT molecular complexity index is 413. The molecule has 2 N–H and O–H groups in total.